The molecule has 3 aromatic heterocycles. The lowest BCUT2D eigenvalue weighted by molar-refractivity contribution is 0.0769. The zero-order chi connectivity index (χ0) is 24.8. The third-order valence-corrected chi connectivity index (χ3v) is 7.45. The summed E-state index contributed by atoms with van der Waals surface area (Å²) >= 11 is 6.10. The van der Waals surface area contributed by atoms with Gasteiger partial charge in [0, 0.05) is 61.0 Å². The minimum Gasteiger partial charge on any atom is -0.481 e. The Hall–Kier alpha value is -3.49. The summed E-state index contributed by atoms with van der Waals surface area (Å²) in [4.78, 5) is 24.1. The van der Waals surface area contributed by atoms with Crippen LogP contribution in [0.25, 0.3) is 16.9 Å². The van der Waals surface area contributed by atoms with Crippen LogP contribution in [0.1, 0.15) is 21.7 Å². The van der Waals surface area contributed by atoms with E-state index in [0.29, 0.717) is 35.5 Å². The zero-order valence-electron chi connectivity index (χ0n) is 19.7. The number of halogens is 2. The molecule has 2 aliphatic heterocycles. The van der Waals surface area contributed by atoms with Gasteiger partial charge in [0.05, 0.1) is 18.5 Å². The van der Waals surface area contributed by atoms with Gasteiger partial charge in [-0.15, -0.1) is 0 Å². The number of rotatable bonds is 5. The summed E-state index contributed by atoms with van der Waals surface area (Å²) in [7, 11) is 1.47. The van der Waals surface area contributed by atoms with Crippen LogP contribution in [-0.2, 0) is 6.42 Å². The molecule has 0 saturated carbocycles. The highest BCUT2D eigenvalue weighted by molar-refractivity contribution is 6.30. The average Bonchev–Trinajstić information content (AvgIpc) is 3.59. The van der Waals surface area contributed by atoms with Gasteiger partial charge in [0.1, 0.15) is 5.65 Å². The summed E-state index contributed by atoms with van der Waals surface area (Å²) in [6, 6.07) is 14.7. The second kappa shape index (κ2) is 9.19. The van der Waals surface area contributed by atoms with Crippen molar-refractivity contribution in [1.82, 2.24) is 24.6 Å². The highest BCUT2D eigenvalue weighted by Gasteiger charge is 2.39. The Bertz CT molecular complexity index is 1440. The summed E-state index contributed by atoms with van der Waals surface area (Å²) in [6.45, 7) is 2.99. The molecular formula is C27H25ClFN5O2. The van der Waals surface area contributed by atoms with Crippen LogP contribution >= 0.6 is 11.6 Å². The van der Waals surface area contributed by atoms with Crippen LogP contribution in [0.2, 0.25) is 5.02 Å². The van der Waals surface area contributed by atoms with Gasteiger partial charge in [0.25, 0.3) is 5.91 Å². The number of hydrogen-bond acceptors (Lipinski definition) is 5. The Kier molecular flexibility index (Phi) is 5.85. The van der Waals surface area contributed by atoms with Gasteiger partial charge >= 0.3 is 0 Å². The monoisotopic (exact) mass is 505 g/mol. The number of pyridine rings is 2. The van der Waals surface area contributed by atoms with Crippen molar-refractivity contribution in [3.63, 3.8) is 0 Å². The lowest BCUT2D eigenvalue weighted by Gasteiger charge is -2.18. The van der Waals surface area contributed by atoms with Crippen LogP contribution in [0.5, 0.6) is 5.88 Å². The Balaban J connectivity index is 1.41. The number of likely N-dealkylation sites (tertiary alicyclic amines) is 1. The summed E-state index contributed by atoms with van der Waals surface area (Å²) in [5.74, 6) is 0.00377. The lowest BCUT2D eigenvalue weighted by Crippen LogP contribution is -2.33. The Morgan fingerprint density at radius 1 is 1.14 bits per heavy atom. The summed E-state index contributed by atoms with van der Waals surface area (Å²) in [6.07, 6.45) is 2.10. The van der Waals surface area contributed by atoms with Gasteiger partial charge in [0.15, 0.2) is 11.5 Å². The fraction of sp³-hybridized carbons (Fsp3) is 0.296. The summed E-state index contributed by atoms with van der Waals surface area (Å²) in [5.41, 5.74) is 3.26. The number of carbonyl (C=O) groups is 1. The number of carbonyl (C=O) groups excluding carboxylic acids is 1. The fourth-order valence-corrected chi connectivity index (χ4v) is 5.46. The minimum atomic E-state index is -0.621. The van der Waals surface area contributed by atoms with Gasteiger partial charge in [-0.3, -0.25) is 4.79 Å². The van der Waals surface area contributed by atoms with Crippen molar-refractivity contribution in [2.45, 2.75) is 6.42 Å². The van der Waals surface area contributed by atoms with Crippen LogP contribution in [0.4, 0.5) is 4.39 Å². The number of fused-ring (bicyclic) bond motifs is 2. The number of nitrogens with one attached hydrogen (secondary N) is 1. The first kappa shape index (κ1) is 22.9. The number of benzene rings is 1. The number of methoxy groups -OCH3 is 1. The molecule has 7 nitrogen and oxygen atoms in total. The molecule has 2 aliphatic rings. The number of nitrogens with zero attached hydrogens (tertiary/aromatic N) is 4. The van der Waals surface area contributed by atoms with Crippen molar-refractivity contribution in [1.29, 1.82) is 0 Å². The van der Waals surface area contributed by atoms with E-state index in [4.69, 9.17) is 21.3 Å². The molecule has 2 unspecified atom stereocenters. The highest BCUT2D eigenvalue weighted by Crippen LogP contribution is 2.31. The molecule has 9 heteroatoms. The van der Waals surface area contributed by atoms with Gasteiger partial charge in [-0.05, 0) is 36.1 Å². The molecule has 1 N–H and O–H groups in total. The van der Waals surface area contributed by atoms with Gasteiger partial charge in [-0.25, -0.2) is 14.4 Å². The smallest absolute Gasteiger partial charge is 0.275 e. The first-order chi connectivity index (χ1) is 17.5. The molecule has 0 spiro atoms. The topological polar surface area (TPSA) is 71.8 Å². The number of imidazole rings is 1. The molecule has 6 rings (SSSR count). The lowest BCUT2D eigenvalue weighted by atomic mass is 10.0. The molecule has 0 radical (unpaired) electrons. The molecule has 1 amide bonds. The van der Waals surface area contributed by atoms with Gasteiger partial charge in [-0.2, -0.15) is 0 Å². The van der Waals surface area contributed by atoms with E-state index in [-0.39, 0.29) is 18.0 Å². The van der Waals surface area contributed by atoms with Crippen molar-refractivity contribution in [3.05, 3.63) is 82.5 Å². The second-order valence-electron chi connectivity index (χ2n) is 9.39. The molecule has 1 aromatic carbocycles. The third kappa shape index (κ3) is 4.00. The summed E-state index contributed by atoms with van der Waals surface area (Å²) < 4.78 is 23.3. The van der Waals surface area contributed by atoms with Crippen molar-refractivity contribution >= 4 is 23.2 Å². The van der Waals surface area contributed by atoms with E-state index in [1.807, 2.05) is 40.9 Å². The molecule has 184 valence electrons. The zero-order valence-corrected chi connectivity index (χ0v) is 20.5. The van der Waals surface area contributed by atoms with Gasteiger partial charge in [0.2, 0.25) is 5.88 Å². The van der Waals surface area contributed by atoms with E-state index in [2.05, 4.69) is 10.3 Å². The van der Waals surface area contributed by atoms with E-state index in [0.717, 1.165) is 35.7 Å². The predicted molar refractivity (Wildman–Crippen MR) is 135 cm³/mol. The van der Waals surface area contributed by atoms with Crippen molar-refractivity contribution < 1.29 is 13.9 Å². The number of amides is 1. The van der Waals surface area contributed by atoms with Crippen LogP contribution in [0.3, 0.4) is 0 Å². The molecule has 0 bridgehead atoms. The first-order valence-electron chi connectivity index (χ1n) is 12.0. The van der Waals surface area contributed by atoms with E-state index in [9.17, 15) is 4.79 Å². The number of aromatic nitrogens is 3. The standard InChI is InChI=1S/C27H25ClFN5O2/c1-36-23-11-17(24(29)26(32-23)27(35)33-14-18-12-30-13-19(18)15-33)10-21-25(16-5-7-20(28)8-6-16)31-22-4-2-3-9-34(21)22/h2-9,11,18-19,30H,10,12-15H2,1H3. The maximum absolute atomic E-state index is 15.9. The molecule has 2 fully saturated rings. The van der Waals surface area contributed by atoms with E-state index >= 15 is 4.39 Å². The molecule has 36 heavy (non-hydrogen) atoms. The van der Waals surface area contributed by atoms with Gasteiger partial charge in [-0.1, -0.05) is 29.8 Å². The predicted octanol–water partition coefficient (Wildman–Crippen LogP) is 4.08. The van der Waals surface area contributed by atoms with Crippen LogP contribution < -0.4 is 10.1 Å². The van der Waals surface area contributed by atoms with Crippen molar-refractivity contribution in [3.8, 4) is 17.1 Å². The molecule has 2 saturated heterocycles. The summed E-state index contributed by atoms with van der Waals surface area (Å²) in [5, 5.41) is 3.98. The van der Waals surface area contributed by atoms with Crippen LogP contribution in [0, 0.1) is 17.7 Å². The van der Waals surface area contributed by atoms with Crippen molar-refractivity contribution in [2.24, 2.45) is 11.8 Å². The second-order valence-corrected chi connectivity index (χ2v) is 9.83. The molecule has 5 heterocycles. The molecule has 2 atom stereocenters. The highest BCUT2D eigenvalue weighted by atomic mass is 35.5. The molecule has 4 aromatic rings. The number of hydrogen-bond donors (Lipinski definition) is 1. The Morgan fingerprint density at radius 2 is 1.89 bits per heavy atom. The third-order valence-electron chi connectivity index (χ3n) is 7.20. The Labute approximate surface area is 212 Å². The number of ether oxygens (including phenoxy) is 1. The van der Waals surface area contributed by atoms with E-state index in [1.54, 1.807) is 23.1 Å². The minimum absolute atomic E-state index is 0.195. The maximum atomic E-state index is 15.9. The van der Waals surface area contributed by atoms with E-state index in [1.165, 1.54) is 7.11 Å². The normalized spacial score (nSPS) is 19.1. The van der Waals surface area contributed by atoms with E-state index < -0.39 is 11.7 Å². The molecular weight excluding hydrogens is 481 g/mol. The van der Waals surface area contributed by atoms with Crippen molar-refractivity contribution in [2.75, 3.05) is 33.3 Å². The quantitative estimate of drug-likeness (QED) is 0.442. The largest absolute Gasteiger partial charge is 0.481 e. The fourth-order valence-electron chi connectivity index (χ4n) is 5.34. The van der Waals surface area contributed by atoms with Gasteiger partial charge < -0.3 is 19.4 Å². The SMILES string of the molecule is COc1cc(Cc2c(-c3ccc(Cl)cc3)nc3ccccn23)c(F)c(C(=O)N2CC3CNCC3C2)n1. The van der Waals surface area contributed by atoms with Crippen LogP contribution in [0.15, 0.2) is 54.7 Å². The average molecular weight is 506 g/mol. The first-order valence-corrected chi connectivity index (χ1v) is 12.3. The molecule has 0 aliphatic carbocycles. The Morgan fingerprint density at radius 3 is 2.61 bits per heavy atom. The van der Waals surface area contributed by atoms with Crippen LogP contribution in [-0.4, -0.2) is 58.5 Å². The maximum Gasteiger partial charge on any atom is 0.275 e.